The molecule has 3 heterocycles. The number of H-pyrrole nitrogens is 1. The number of aromatic nitrogens is 3. The highest BCUT2D eigenvalue weighted by Gasteiger charge is 2.27. The molecule has 1 saturated heterocycles. The number of rotatable bonds is 5. The maximum absolute atomic E-state index is 14.3. The molecular formula is C29H28FN5O2S. The lowest BCUT2D eigenvalue weighted by Crippen LogP contribution is -2.50. The number of phenols is 1. The molecule has 0 saturated carbocycles. The van der Waals surface area contributed by atoms with E-state index in [-0.39, 0.29) is 23.3 Å². The van der Waals surface area contributed by atoms with Crippen molar-refractivity contribution in [3.63, 3.8) is 0 Å². The number of carbonyl (C=O) groups excluding carboxylic acids is 1. The van der Waals surface area contributed by atoms with Crippen LogP contribution in [0.5, 0.6) is 5.75 Å². The van der Waals surface area contributed by atoms with Crippen molar-refractivity contribution in [2.45, 2.75) is 32.9 Å². The van der Waals surface area contributed by atoms with Crippen molar-refractivity contribution in [2.75, 3.05) is 13.1 Å². The van der Waals surface area contributed by atoms with Crippen LogP contribution in [0, 0.1) is 18.7 Å². The molecule has 1 aliphatic heterocycles. The lowest BCUT2D eigenvalue weighted by Gasteiger charge is -2.37. The van der Waals surface area contributed by atoms with Crippen LogP contribution >= 0.6 is 11.3 Å². The fraction of sp³-hybridized carbons (Fsp3) is 0.276. The third-order valence-electron chi connectivity index (χ3n) is 7.14. The van der Waals surface area contributed by atoms with Crippen molar-refractivity contribution in [3.05, 3.63) is 76.5 Å². The summed E-state index contributed by atoms with van der Waals surface area (Å²) < 4.78 is 15.4. The Labute approximate surface area is 223 Å². The largest absolute Gasteiger partial charge is 0.508 e. The quantitative estimate of drug-likeness (QED) is 0.274. The zero-order chi connectivity index (χ0) is 26.4. The fourth-order valence-corrected chi connectivity index (χ4v) is 6.32. The highest BCUT2D eigenvalue weighted by molar-refractivity contribution is 7.18. The lowest BCUT2D eigenvalue weighted by molar-refractivity contribution is 0.0867. The van der Waals surface area contributed by atoms with Crippen molar-refractivity contribution >= 4 is 38.4 Å². The molecule has 6 rings (SSSR count). The van der Waals surface area contributed by atoms with Crippen LogP contribution in [0.3, 0.4) is 0 Å². The number of benzene rings is 3. The van der Waals surface area contributed by atoms with E-state index in [0.717, 1.165) is 50.4 Å². The number of piperidine rings is 1. The van der Waals surface area contributed by atoms with E-state index in [1.54, 1.807) is 17.4 Å². The van der Waals surface area contributed by atoms with Gasteiger partial charge in [0, 0.05) is 47.8 Å². The highest BCUT2D eigenvalue weighted by Crippen LogP contribution is 2.32. The molecule has 9 heteroatoms. The summed E-state index contributed by atoms with van der Waals surface area (Å²) in [6.45, 7) is 5.77. The number of aromatic amines is 1. The lowest BCUT2D eigenvalue weighted by atomic mass is 9.95. The first-order chi connectivity index (χ1) is 18.3. The van der Waals surface area contributed by atoms with Crippen molar-refractivity contribution in [2.24, 2.45) is 5.92 Å². The Bertz CT molecular complexity index is 1640. The second-order valence-electron chi connectivity index (χ2n) is 10.2. The van der Waals surface area contributed by atoms with E-state index < -0.39 is 5.82 Å². The van der Waals surface area contributed by atoms with Crippen LogP contribution in [0.15, 0.2) is 54.6 Å². The molecule has 3 N–H and O–H groups in total. The summed E-state index contributed by atoms with van der Waals surface area (Å²) in [5.41, 5.74) is 4.45. The summed E-state index contributed by atoms with van der Waals surface area (Å²) in [5.74, 6) is -0.299. The van der Waals surface area contributed by atoms with E-state index in [2.05, 4.69) is 38.4 Å². The zero-order valence-electron chi connectivity index (χ0n) is 21.2. The Morgan fingerprint density at radius 3 is 2.92 bits per heavy atom. The van der Waals surface area contributed by atoms with Crippen molar-refractivity contribution in [1.82, 2.24) is 25.4 Å². The first-order valence-corrected chi connectivity index (χ1v) is 13.5. The van der Waals surface area contributed by atoms with Gasteiger partial charge in [0.05, 0.1) is 26.4 Å². The Kier molecular flexibility index (Phi) is 6.33. The molecule has 0 aliphatic carbocycles. The average molecular weight is 530 g/mol. The third-order valence-corrected chi connectivity index (χ3v) is 8.07. The molecule has 1 amide bonds. The van der Waals surface area contributed by atoms with Gasteiger partial charge in [0.1, 0.15) is 11.6 Å². The SMILES string of the molecule is Cc1nc2ccc(-c3n[nH]c4ccc(C(=O)NC5C[C@H](C)CN(Cc6c(O)cccc6F)C5)cc34)cc2s1. The van der Waals surface area contributed by atoms with E-state index in [4.69, 9.17) is 0 Å². The number of nitrogens with zero attached hydrogens (tertiary/aromatic N) is 3. The maximum atomic E-state index is 14.3. The standard InChI is InChI=1S/C29H28FN5O2S/c1-16-10-20(14-35(13-16)15-22-23(30)4-3-5-26(22)36)32-29(37)19-7-8-24-21(11-19)28(34-33-24)18-6-9-25-27(12-18)38-17(2)31-25/h3-9,11-12,16,20,36H,10,13-15H2,1-2H3,(H,32,37)(H,33,34)/t16-,20?/m0/s1. The van der Waals surface area contributed by atoms with Gasteiger partial charge in [0.25, 0.3) is 5.91 Å². The van der Waals surface area contributed by atoms with Gasteiger partial charge in [-0.05, 0) is 61.7 Å². The summed E-state index contributed by atoms with van der Waals surface area (Å²) in [4.78, 5) is 19.9. The number of halogens is 1. The molecule has 2 atom stereocenters. The van der Waals surface area contributed by atoms with Gasteiger partial charge in [-0.3, -0.25) is 14.8 Å². The molecule has 3 aromatic carbocycles. The number of nitrogens with one attached hydrogen (secondary N) is 2. The number of carbonyl (C=O) groups is 1. The molecule has 0 radical (unpaired) electrons. The number of aromatic hydroxyl groups is 1. The van der Waals surface area contributed by atoms with E-state index in [0.29, 0.717) is 24.6 Å². The van der Waals surface area contributed by atoms with Crippen LogP contribution in [-0.2, 0) is 6.54 Å². The Morgan fingerprint density at radius 1 is 1.21 bits per heavy atom. The molecule has 1 fully saturated rings. The molecule has 5 aromatic rings. The normalized spacial score (nSPS) is 18.3. The summed E-state index contributed by atoms with van der Waals surface area (Å²) in [6, 6.07) is 15.9. The van der Waals surface area contributed by atoms with Crippen LogP contribution in [0.25, 0.3) is 32.4 Å². The smallest absolute Gasteiger partial charge is 0.251 e. The second-order valence-corrected chi connectivity index (χ2v) is 11.4. The maximum Gasteiger partial charge on any atom is 0.251 e. The van der Waals surface area contributed by atoms with Crippen molar-refractivity contribution in [1.29, 1.82) is 0 Å². The number of phenolic OH excluding ortho intramolecular Hbond substituents is 1. The Morgan fingerprint density at radius 2 is 2.08 bits per heavy atom. The van der Waals surface area contributed by atoms with E-state index in [1.165, 1.54) is 18.2 Å². The van der Waals surface area contributed by atoms with E-state index in [9.17, 15) is 14.3 Å². The molecule has 7 nitrogen and oxygen atoms in total. The van der Waals surface area contributed by atoms with E-state index >= 15 is 0 Å². The fourth-order valence-electron chi connectivity index (χ4n) is 5.45. The average Bonchev–Trinajstić information content (AvgIpc) is 3.47. The number of likely N-dealkylation sites (tertiary alicyclic amines) is 1. The summed E-state index contributed by atoms with van der Waals surface area (Å²) in [6.07, 6.45) is 0.832. The van der Waals surface area contributed by atoms with Gasteiger partial charge in [0.15, 0.2) is 0 Å². The van der Waals surface area contributed by atoms with Crippen LogP contribution < -0.4 is 5.32 Å². The topological polar surface area (TPSA) is 94.1 Å². The van der Waals surface area contributed by atoms with Crippen LogP contribution in [-0.4, -0.2) is 50.2 Å². The number of hydrogen-bond donors (Lipinski definition) is 3. The molecule has 0 spiro atoms. The highest BCUT2D eigenvalue weighted by atomic mass is 32.1. The van der Waals surface area contributed by atoms with Crippen LogP contribution in [0.4, 0.5) is 4.39 Å². The predicted octanol–water partition coefficient (Wildman–Crippen LogP) is 5.63. The molecule has 2 aromatic heterocycles. The Hall–Kier alpha value is -3.82. The van der Waals surface area contributed by atoms with Crippen molar-refractivity contribution in [3.8, 4) is 17.0 Å². The van der Waals surface area contributed by atoms with Crippen LogP contribution in [0.2, 0.25) is 0 Å². The number of hydrogen-bond acceptors (Lipinski definition) is 6. The molecule has 1 aliphatic rings. The number of fused-ring (bicyclic) bond motifs is 2. The number of thiazole rings is 1. The van der Waals surface area contributed by atoms with Gasteiger partial charge in [-0.1, -0.05) is 19.1 Å². The first kappa shape index (κ1) is 24.5. The van der Waals surface area contributed by atoms with Gasteiger partial charge in [0.2, 0.25) is 0 Å². The van der Waals surface area contributed by atoms with E-state index in [1.807, 2.05) is 31.2 Å². The minimum absolute atomic E-state index is 0.0438. The summed E-state index contributed by atoms with van der Waals surface area (Å²) >= 11 is 1.65. The summed E-state index contributed by atoms with van der Waals surface area (Å²) in [7, 11) is 0. The minimum atomic E-state index is -0.419. The summed E-state index contributed by atoms with van der Waals surface area (Å²) in [5, 5.41) is 22.8. The minimum Gasteiger partial charge on any atom is -0.508 e. The first-order valence-electron chi connectivity index (χ1n) is 12.7. The second kappa shape index (κ2) is 9.81. The molecule has 194 valence electrons. The number of amides is 1. The molecule has 1 unspecified atom stereocenters. The third kappa shape index (κ3) is 4.75. The predicted molar refractivity (Wildman–Crippen MR) is 148 cm³/mol. The molecule has 0 bridgehead atoms. The van der Waals surface area contributed by atoms with Gasteiger partial charge in [-0.25, -0.2) is 9.37 Å². The zero-order valence-corrected chi connectivity index (χ0v) is 22.0. The monoisotopic (exact) mass is 529 g/mol. The van der Waals surface area contributed by atoms with Gasteiger partial charge >= 0.3 is 0 Å². The van der Waals surface area contributed by atoms with Gasteiger partial charge in [-0.15, -0.1) is 11.3 Å². The Balaban J connectivity index is 1.21. The molecular weight excluding hydrogens is 501 g/mol. The van der Waals surface area contributed by atoms with Gasteiger partial charge in [-0.2, -0.15) is 5.10 Å². The van der Waals surface area contributed by atoms with Crippen molar-refractivity contribution < 1.29 is 14.3 Å². The van der Waals surface area contributed by atoms with Gasteiger partial charge < -0.3 is 10.4 Å². The van der Waals surface area contributed by atoms with Crippen LogP contribution in [0.1, 0.15) is 34.3 Å². The number of aryl methyl sites for hydroxylation is 1. The molecule has 38 heavy (non-hydrogen) atoms.